The summed E-state index contributed by atoms with van der Waals surface area (Å²) in [5.74, 6) is 0.496. The average molecular weight is 317 g/mol. The van der Waals surface area contributed by atoms with Crippen molar-refractivity contribution < 1.29 is 4.74 Å². The zero-order valence-electron chi connectivity index (χ0n) is 9.45. The van der Waals surface area contributed by atoms with Gasteiger partial charge in [0.2, 0.25) is 0 Å². The Balaban J connectivity index is 2.42. The normalized spacial score (nSPS) is 10.3. The van der Waals surface area contributed by atoms with Crippen molar-refractivity contribution in [2.75, 3.05) is 0 Å². The van der Waals surface area contributed by atoms with Gasteiger partial charge in [-0.05, 0) is 12.1 Å². The summed E-state index contributed by atoms with van der Waals surface area (Å²) in [5.41, 5.74) is 5.87. The van der Waals surface area contributed by atoms with E-state index in [1.807, 2.05) is 0 Å². The second kappa shape index (κ2) is 5.65. The van der Waals surface area contributed by atoms with Crippen molar-refractivity contribution in [2.45, 2.75) is 0 Å². The number of benzene rings is 1. The van der Waals surface area contributed by atoms with Crippen LogP contribution < -0.4 is 10.5 Å². The lowest BCUT2D eigenvalue weighted by Gasteiger charge is -2.11. The van der Waals surface area contributed by atoms with E-state index in [1.165, 1.54) is 24.5 Å². The maximum Gasteiger partial charge on any atom is 0.156 e. The number of nitrogens with zero attached hydrogens (tertiary/aromatic N) is 1. The van der Waals surface area contributed by atoms with Crippen LogP contribution in [0.3, 0.4) is 0 Å². The summed E-state index contributed by atoms with van der Waals surface area (Å²) in [6, 6.07) is 4.54. The molecule has 0 spiro atoms. The van der Waals surface area contributed by atoms with Crippen molar-refractivity contribution in [3.63, 3.8) is 0 Å². The highest BCUT2D eigenvalue weighted by Gasteiger charge is 2.12. The number of rotatable bonds is 3. The molecular formula is C12H8Cl3N3O. The van der Waals surface area contributed by atoms with Gasteiger partial charge in [-0.1, -0.05) is 34.8 Å². The topological polar surface area (TPSA) is 72.0 Å². The fraction of sp³-hybridized carbons (Fsp3) is 0. The Bertz CT molecular complexity index is 646. The number of amidine groups is 1. The first-order valence-electron chi connectivity index (χ1n) is 5.10. The largest absolute Gasteiger partial charge is 0.453 e. The molecule has 0 fully saturated rings. The second-order valence-electron chi connectivity index (χ2n) is 3.58. The van der Waals surface area contributed by atoms with E-state index in [9.17, 15) is 0 Å². The van der Waals surface area contributed by atoms with E-state index in [0.29, 0.717) is 32.1 Å². The van der Waals surface area contributed by atoms with Crippen LogP contribution in [0.2, 0.25) is 15.1 Å². The molecule has 19 heavy (non-hydrogen) atoms. The van der Waals surface area contributed by atoms with E-state index in [-0.39, 0.29) is 5.84 Å². The molecule has 1 aromatic carbocycles. The molecule has 2 rings (SSSR count). The van der Waals surface area contributed by atoms with Gasteiger partial charge >= 0.3 is 0 Å². The number of ether oxygens (including phenoxy) is 1. The van der Waals surface area contributed by atoms with Crippen molar-refractivity contribution in [3.05, 3.63) is 51.2 Å². The molecule has 0 radical (unpaired) electrons. The number of halogens is 3. The zero-order valence-corrected chi connectivity index (χ0v) is 11.7. The maximum absolute atomic E-state index is 7.46. The molecule has 4 nitrogen and oxygen atoms in total. The molecule has 0 aliphatic heterocycles. The van der Waals surface area contributed by atoms with Gasteiger partial charge in [-0.15, -0.1) is 0 Å². The minimum absolute atomic E-state index is 0.131. The molecular weight excluding hydrogens is 309 g/mol. The standard InChI is InChI=1S/C12H8Cl3N3O/c13-7-3-9(15)10(4-8(7)14)19-11-5-18-2-1-6(11)12(16)17/h1-5H,(H3,16,17). The summed E-state index contributed by atoms with van der Waals surface area (Å²) in [6.07, 6.45) is 2.95. The highest BCUT2D eigenvalue weighted by molar-refractivity contribution is 6.43. The van der Waals surface area contributed by atoms with Crippen LogP contribution in [0, 0.1) is 5.41 Å². The fourth-order valence-electron chi connectivity index (χ4n) is 1.38. The second-order valence-corrected chi connectivity index (χ2v) is 4.81. The molecule has 7 heteroatoms. The van der Waals surface area contributed by atoms with Crippen LogP contribution in [0.15, 0.2) is 30.6 Å². The Morgan fingerprint density at radius 3 is 2.47 bits per heavy atom. The first-order valence-corrected chi connectivity index (χ1v) is 6.23. The predicted molar refractivity (Wildman–Crippen MR) is 76.8 cm³/mol. The van der Waals surface area contributed by atoms with Gasteiger partial charge in [0.25, 0.3) is 0 Å². The van der Waals surface area contributed by atoms with Crippen LogP contribution in [-0.4, -0.2) is 10.8 Å². The predicted octanol–water partition coefficient (Wildman–Crippen LogP) is 4.12. The lowest BCUT2D eigenvalue weighted by molar-refractivity contribution is 0.479. The summed E-state index contributed by atoms with van der Waals surface area (Å²) in [7, 11) is 0. The number of hydrogen-bond acceptors (Lipinski definition) is 3. The Morgan fingerprint density at radius 2 is 1.79 bits per heavy atom. The van der Waals surface area contributed by atoms with E-state index >= 15 is 0 Å². The number of nitrogens with two attached hydrogens (primary N) is 1. The smallest absolute Gasteiger partial charge is 0.156 e. The molecule has 0 aliphatic rings. The Hall–Kier alpha value is -1.49. The SMILES string of the molecule is N=C(N)c1ccncc1Oc1cc(Cl)c(Cl)cc1Cl. The van der Waals surface area contributed by atoms with Crippen molar-refractivity contribution >= 4 is 40.6 Å². The first kappa shape index (κ1) is 13.9. The molecule has 0 saturated carbocycles. The molecule has 0 atom stereocenters. The number of nitrogens with one attached hydrogen (secondary N) is 1. The molecule has 3 N–H and O–H groups in total. The minimum atomic E-state index is -0.131. The lowest BCUT2D eigenvalue weighted by atomic mass is 10.2. The van der Waals surface area contributed by atoms with E-state index in [1.54, 1.807) is 6.07 Å². The van der Waals surface area contributed by atoms with Crippen LogP contribution in [0.25, 0.3) is 0 Å². The van der Waals surface area contributed by atoms with Gasteiger partial charge in [-0.25, -0.2) is 0 Å². The molecule has 0 aliphatic carbocycles. The van der Waals surface area contributed by atoms with Gasteiger partial charge in [-0.3, -0.25) is 10.4 Å². The van der Waals surface area contributed by atoms with Crippen LogP contribution in [-0.2, 0) is 0 Å². The Morgan fingerprint density at radius 1 is 1.11 bits per heavy atom. The monoisotopic (exact) mass is 315 g/mol. The lowest BCUT2D eigenvalue weighted by Crippen LogP contribution is -2.12. The molecule has 0 unspecified atom stereocenters. The third kappa shape index (κ3) is 3.10. The number of nitrogen functional groups attached to an aromatic ring is 1. The molecule has 0 bridgehead atoms. The van der Waals surface area contributed by atoms with Gasteiger partial charge < -0.3 is 10.5 Å². The highest BCUT2D eigenvalue weighted by atomic mass is 35.5. The van der Waals surface area contributed by atoms with E-state index in [2.05, 4.69) is 4.98 Å². The van der Waals surface area contributed by atoms with Gasteiger partial charge in [0, 0.05) is 12.3 Å². The van der Waals surface area contributed by atoms with Gasteiger partial charge in [0.15, 0.2) is 5.75 Å². The van der Waals surface area contributed by atoms with E-state index in [4.69, 9.17) is 50.7 Å². The summed E-state index contributed by atoms with van der Waals surface area (Å²) in [4.78, 5) is 3.91. The highest BCUT2D eigenvalue weighted by Crippen LogP contribution is 2.36. The zero-order chi connectivity index (χ0) is 14.0. The van der Waals surface area contributed by atoms with Gasteiger partial charge in [0.1, 0.15) is 11.6 Å². The van der Waals surface area contributed by atoms with Crippen LogP contribution in [0.1, 0.15) is 5.56 Å². The summed E-state index contributed by atoms with van der Waals surface area (Å²) in [5, 5.41) is 8.41. The third-order valence-corrected chi connectivity index (χ3v) is 3.29. The molecule has 0 saturated heterocycles. The third-order valence-electron chi connectivity index (χ3n) is 2.27. The molecule has 2 aromatic rings. The molecule has 1 heterocycles. The van der Waals surface area contributed by atoms with Crippen molar-refractivity contribution in [3.8, 4) is 11.5 Å². The first-order chi connectivity index (χ1) is 8.99. The van der Waals surface area contributed by atoms with Crippen molar-refractivity contribution in [1.82, 2.24) is 4.98 Å². The summed E-state index contributed by atoms with van der Waals surface area (Å²) < 4.78 is 5.58. The Labute approximate surface area is 124 Å². The average Bonchev–Trinajstić information content (AvgIpc) is 2.36. The van der Waals surface area contributed by atoms with Gasteiger partial charge in [-0.2, -0.15) is 0 Å². The van der Waals surface area contributed by atoms with Crippen LogP contribution >= 0.6 is 34.8 Å². The van der Waals surface area contributed by atoms with Crippen molar-refractivity contribution in [2.24, 2.45) is 5.73 Å². The number of hydrogen-bond donors (Lipinski definition) is 2. The van der Waals surface area contributed by atoms with E-state index < -0.39 is 0 Å². The Kier molecular flexibility index (Phi) is 4.14. The number of aromatic nitrogens is 1. The summed E-state index contributed by atoms with van der Waals surface area (Å²) >= 11 is 17.7. The quantitative estimate of drug-likeness (QED) is 0.508. The van der Waals surface area contributed by atoms with Crippen LogP contribution in [0.4, 0.5) is 0 Å². The van der Waals surface area contributed by atoms with E-state index in [0.717, 1.165) is 0 Å². The van der Waals surface area contributed by atoms with Gasteiger partial charge in [0.05, 0.1) is 26.8 Å². The molecule has 98 valence electrons. The number of pyridine rings is 1. The van der Waals surface area contributed by atoms with Crippen molar-refractivity contribution in [1.29, 1.82) is 5.41 Å². The van der Waals surface area contributed by atoms with Crippen LogP contribution in [0.5, 0.6) is 11.5 Å². The molecule has 0 amide bonds. The molecule has 1 aromatic heterocycles. The maximum atomic E-state index is 7.46. The summed E-state index contributed by atoms with van der Waals surface area (Å²) in [6.45, 7) is 0. The minimum Gasteiger partial charge on any atom is -0.453 e. The fourth-order valence-corrected chi connectivity index (χ4v) is 1.96.